The number of aromatic amines is 1. The number of carbonyl (C=O) groups excluding carboxylic acids is 4. The number of aromatic nitrogens is 1. The van der Waals surface area contributed by atoms with Crippen molar-refractivity contribution < 1.29 is 29.1 Å². The van der Waals surface area contributed by atoms with Crippen molar-refractivity contribution in [2.75, 3.05) is 0 Å². The monoisotopic (exact) mass is 566 g/mol. The van der Waals surface area contributed by atoms with Crippen molar-refractivity contribution in [2.45, 2.75) is 68.8 Å². The molecule has 4 atom stereocenters. The Morgan fingerprint density at radius 1 is 1.07 bits per heavy atom. The Morgan fingerprint density at radius 3 is 2.40 bits per heavy atom. The third-order valence-electron chi connectivity index (χ3n) is 7.63. The molecule has 40 heavy (non-hydrogen) atoms. The molecule has 0 bridgehead atoms. The van der Waals surface area contributed by atoms with E-state index in [4.69, 9.17) is 0 Å². The fourth-order valence-electron chi connectivity index (χ4n) is 5.77. The number of nitrogens with zero attached hydrogens (tertiary/aromatic N) is 1. The lowest BCUT2D eigenvalue weighted by Gasteiger charge is -2.44. The first-order chi connectivity index (χ1) is 18.7. The van der Waals surface area contributed by atoms with Crippen LogP contribution in [-0.4, -0.2) is 66.7 Å². The van der Waals surface area contributed by atoms with Gasteiger partial charge in [0.2, 0.25) is 17.2 Å². The number of H-pyrrole nitrogens is 1. The number of β-lactam (4-membered cyclic amide) rings is 1. The Balaban J connectivity index is 1.39. The number of carboxylic acid groups (broad SMARTS) is 1. The summed E-state index contributed by atoms with van der Waals surface area (Å²) in [7, 11) is 0. The second kappa shape index (κ2) is 9.61. The number of Topliss-reactive ketones (excluding diaryl/α,β-unsaturated/α-hetero) is 1. The Kier molecular flexibility index (Phi) is 6.64. The van der Waals surface area contributed by atoms with Crippen LogP contribution in [0.2, 0.25) is 0 Å². The van der Waals surface area contributed by atoms with Crippen molar-refractivity contribution in [3.05, 3.63) is 69.1 Å². The van der Waals surface area contributed by atoms with Crippen molar-refractivity contribution in [3.8, 4) is 0 Å². The normalized spacial score (nSPS) is 24.8. The van der Waals surface area contributed by atoms with Gasteiger partial charge in [0.1, 0.15) is 29.1 Å². The molecule has 11 nitrogen and oxygen atoms in total. The van der Waals surface area contributed by atoms with Crippen LogP contribution in [0.15, 0.2) is 41.3 Å². The van der Waals surface area contributed by atoms with Gasteiger partial charge >= 0.3 is 5.97 Å². The summed E-state index contributed by atoms with van der Waals surface area (Å²) in [5, 5.41) is 14.3. The van der Waals surface area contributed by atoms with E-state index in [-0.39, 0.29) is 28.7 Å². The Labute approximate surface area is 234 Å². The van der Waals surface area contributed by atoms with Crippen molar-refractivity contribution in [1.29, 1.82) is 0 Å². The van der Waals surface area contributed by atoms with Crippen molar-refractivity contribution in [2.24, 2.45) is 5.41 Å². The molecule has 1 unspecified atom stereocenters. The van der Waals surface area contributed by atoms with E-state index in [1.165, 1.54) is 22.9 Å². The number of ketones is 1. The lowest BCUT2D eigenvalue weighted by Crippen LogP contribution is -2.71. The molecule has 3 aliphatic rings. The van der Waals surface area contributed by atoms with Crippen LogP contribution >= 0.6 is 11.8 Å². The first-order valence-electron chi connectivity index (χ1n) is 12.9. The number of pyridine rings is 1. The summed E-state index contributed by atoms with van der Waals surface area (Å²) >= 11 is 1.29. The maximum Gasteiger partial charge on any atom is 0.327 e. The van der Waals surface area contributed by atoms with Crippen LogP contribution < -0.4 is 16.1 Å². The molecule has 2 fully saturated rings. The third kappa shape index (κ3) is 4.59. The summed E-state index contributed by atoms with van der Waals surface area (Å²) in [5.41, 5.74) is -0.477. The zero-order valence-corrected chi connectivity index (χ0v) is 23.3. The van der Waals surface area contributed by atoms with E-state index in [2.05, 4.69) is 15.6 Å². The number of aliphatic carboxylic acids is 1. The summed E-state index contributed by atoms with van der Waals surface area (Å²) in [6, 6.07) is 5.06. The molecular weight excluding hydrogens is 536 g/mol. The largest absolute Gasteiger partial charge is 0.480 e. The molecule has 0 saturated carbocycles. The zero-order chi connectivity index (χ0) is 29.1. The molecule has 3 amide bonds. The highest BCUT2D eigenvalue weighted by atomic mass is 32.2. The summed E-state index contributed by atoms with van der Waals surface area (Å²) in [5.74, 6) is -3.53. The molecular formula is C28H30N4O7S. The Bertz CT molecular complexity index is 1500. The van der Waals surface area contributed by atoms with E-state index in [9.17, 15) is 33.9 Å². The minimum atomic E-state index is -1.27. The number of amides is 3. The first-order valence-corrected chi connectivity index (χ1v) is 13.8. The highest BCUT2D eigenvalue weighted by molar-refractivity contribution is 8.01. The molecule has 1 aromatic carbocycles. The second-order valence-corrected chi connectivity index (χ2v) is 13.5. The number of carbonyl (C=O) groups is 5. The van der Waals surface area contributed by atoms with Gasteiger partial charge < -0.3 is 25.6 Å². The van der Waals surface area contributed by atoms with Gasteiger partial charge in [0, 0.05) is 23.1 Å². The standard InChI is InChI=1S/C28H30N4O7S/c1-27(2)10-15-17(16(33)11-27)20(34)14(12-29-15)22(35)30-18(13-8-6-5-7-9-13)23(36)31-19-24(37)32-21(26(38)39)28(3,4)40-25(19)32/h5-9,12,18-19,21,25H,10-11H2,1-4H3,(H,29,34)(H,30,35)(H,31,36)(H,38,39)/t18?,19-,21+,25-/m1/s1. The molecule has 0 spiro atoms. The van der Waals surface area contributed by atoms with Gasteiger partial charge in [-0.25, -0.2) is 4.79 Å². The number of nitrogens with one attached hydrogen (secondary N) is 3. The van der Waals surface area contributed by atoms with E-state index in [0.29, 0.717) is 17.7 Å². The highest BCUT2D eigenvalue weighted by Gasteiger charge is 2.64. The van der Waals surface area contributed by atoms with Crippen molar-refractivity contribution in [1.82, 2.24) is 20.5 Å². The average Bonchev–Trinajstić information content (AvgIpc) is 3.13. The van der Waals surface area contributed by atoms with Gasteiger partial charge in [-0.3, -0.25) is 24.0 Å². The van der Waals surface area contributed by atoms with E-state index in [1.807, 2.05) is 13.8 Å². The van der Waals surface area contributed by atoms with E-state index in [1.54, 1.807) is 44.2 Å². The number of fused-ring (bicyclic) bond motifs is 2. The number of carboxylic acids is 1. The van der Waals surface area contributed by atoms with Gasteiger partial charge in [0.05, 0.1) is 5.56 Å². The topological polar surface area (TPSA) is 166 Å². The molecule has 3 heterocycles. The fourth-order valence-corrected chi connectivity index (χ4v) is 7.40. The number of benzene rings is 1. The van der Waals surface area contributed by atoms with Crippen LogP contribution in [0.5, 0.6) is 0 Å². The van der Waals surface area contributed by atoms with Crippen LogP contribution in [0, 0.1) is 5.41 Å². The molecule has 1 aliphatic carbocycles. The van der Waals surface area contributed by atoms with E-state index >= 15 is 0 Å². The lowest BCUT2D eigenvalue weighted by molar-refractivity contribution is -0.161. The number of hydrogen-bond donors (Lipinski definition) is 4. The molecule has 1 aromatic heterocycles. The van der Waals surface area contributed by atoms with Crippen molar-refractivity contribution >= 4 is 41.2 Å². The SMILES string of the molecule is CC1(C)CC(=O)c2c([nH]cc(C(=O)NC(C(=O)N[C@@H]3C(=O)N4[C@@H]3SC(C)(C)[C@@H]4C(=O)O)c3ccccc3)c2=O)C1. The van der Waals surface area contributed by atoms with Crippen LogP contribution in [0.1, 0.15) is 72.1 Å². The molecule has 4 N–H and O–H groups in total. The van der Waals surface area contributed by atoms with Gasteiger partial charge in [0.15, 0.2) is 5.78 Å². The smallest absolute Gasteiger partial charge is 0.327 e. The molecule has 12 heteroatoms. The van der Waals surface area contributed by atoms with Gasteiger partial charge in [-0.1, -0.05) is 44.2 Å². The Morgan fingerprint density at radius 2 is 1.75 bits per heavy atom. The molecule has 2 aliphatic heterocycles. The van der Waals surface area contributed by atoms with Gasteiger partial charge in [-0.05, 0) is 31.2 Å². The van der Waals surface area contributed by atoms with Crippen LogP contribution in [0.4, 0.5) is 0 Å². The van der Waals surface area contributed by atoms with Gasteiger partial charge in [-0.2, -0.15) is 0 Å². The molecule has 2 saturated heterocycles. The van der Waals surface area contributed by atoms with E-state index in [0.717, 1.165) is 0 Å². The maximum absolute atomic E-state index is 13.5. The molecule has 2 aromatic rings. The van der Waals surface area contributed by atoms with Crippen LogP contribution in [0.3, 0.4) is 0 Å². The number of thioether (sulfide) groups is 1. The predicted octanol–water partition coefficient (Wildman–Crippen LogP) is 1.63. The minimum absolute atomic E-state index is 0.0401. The lowest BCUT2D eigenvalue weighted by atomic mass is 9.75. The minimum Gasteiger partial charge on any atom is -0.480 e. The van der Waals surface area contributed by atoms with Crippen molar-refractivity contribution in [3.63, 3.8) is 0 Å². The van der Waals surface area contributed by atoms with Crippen LogP contribution in [-0.2, 0) is 20.8 Å². The number of rotatable bonds is 6. The van der Waals surface area contributed by atoms with Crippen LogP contribution in [0.25, 0.3) is 0 Å². The average molecular weight is 567 g/mol. The quantitative estimate of drug-likeness (QED) is 0.383. The predicted molar refractivity (Wildman–Crippen MR) is 146 cm³/mol. The summed E-state index contributed by atoms with van der Waals surface area (Å²) < 4.78 is -0.765. The Hall–Kier alpha value is -3.93. The molecule has 5 rings (SSSR count). The summed E-state index contributed by atoms with van der Waals surface area (Å²) in [6.45, 7) is 7.31. The highest BCUT2D eigenvalue weighted by Crippen LogP contribution is 2.50. The molecule has 210 valence electrons. The maximum atomic E-state index is 13.5. The summed E-state index contributed by atoms with van der Waals surface area (Å²) in [6.07, 6.45) is 1.90. The second-order valence-electron chi connectivity index (χ2n) is 11.7. The summed E-state index contributed by atoms with van der Waals surface area (Å²) in [4.78, 5) is 81.7. The number of hydrogen-bond acceptors (Lipinski definition) is 7. The van der Waals surface area contributed by atoms with Gasteiger partial charge in [-0.15, -0.1) is 11.8 Å². The third-order valence-corrected chi connectivity index (χ3v) is 9.20. The first kappa shape index (κ1) is 27.6. The fraction of sp³-hybridized carbons (Fsp3) is 0.429. The van der Waals surface area contributed by atoms with Gasteiger partial charge in [0.25, 0.3) is 5.91 Å². The van der Waals surface area contributed by atoms with E-state index < -0.39 is 57.4 Å². The molecule has 0 radical (unpaired) electrons. The zero-order valence-electron chi connectivity index (χ0n) is 22.4.